The molecule has 2 aromatic heterocycles. The van der Waals surface area contributed by atoms with Crippen molar-refractivity contribution < 1.29 is 19.0 Å². The van der Waals surface area contributed by atoms with Gasteiger partial charge >= 0.3 is 5.97 Å². The zero-order chi connectivity index (χ0) is 23.2. The Bertz CT molecular complexity index is 1570. The van der Waals surface area contributed by atoms with E-state index in [0.717, 1.165) is 50.4 Å². The summed E-state index contributed by atoms with van der Waals surface area (Å²) in [5.74, 6) is 1.01. The summed E-state index contributed by atoms with van der Waals surface area (Å²) in [6.07, 6.45) is 0. The van der Waals surface area contributed by atoms with E-state index in [0.29, 0.717) is 29.4 Å². The van der Waals surface area contributed by atoms with Gasteiger partial charge in [0, 0.05) is 28.7 Å². The lowest BCUT2D eigenvalue weighted by atomic mass is 10.0. The molecule has 3 heterocycles. The van der Waals surface area contributed by atoms with Crippen LogP contribution in [0.2, 0.25) is 0 Å². The number of aromatic nitrogens is 3. The lowest BCUT2D eigenvalue weighted by Crippen LogP contribution is -2.14. The highest BCUT2D eigenvalue weighted by Gasteiger charge is 2.26. The molecule has 0 radical (unpaired) electrons. The van der Waals surface area contributed by atoms with E-state index >= 15 is 0 Å². The third kappa shape index (κ3) is 3.32. The van der Waals surface area contributed by atoms with E-state index in [9.17, 15) is 4.79 Å². The third-order valence-corrected chi connectivity index (χ3v) is 6.43. The van der Waals surface area contributed by atoms with E-state index in [-0.39, 0.29) is 13.4 Å². The normalized spacial score (nSPS) is 12.5. The number of nitrogens with zero attached hydrogens (tertiary/aromatic N) is 3. The summed E-state index contributed by atoms with van der Waals surface area (Å²) in [7, 11) is 0. The van der Waals surface area contributed by atoms with Gasteiger partial charge in [-0.2, -0.15) is 8.75 Å². The summed E-state index contributed by atoms with van der Waals surface area (Å²) in [6, 6.07) is 17.3. The second kappa shape index (κ2) is 8.03. The molecule has 9 heteroatoms. The van der Waals surface area contributed by atoms with Gasteiger partial charge in [-0.3, -0.25) is 0 Å². The lowest BCUT2D eigenvalue weighted by Gasteiger charge is -2.12. The molecule has 0 amide bonds. The highest BCUT2D eigenvalue weighted by Crippen LogP contribution is 2.39. The Morgan fingerprint density at radius 2 is 1.91 bits per heavy atom. The van der Waals surface area contributed by atoms with Crippen molar-refractivity contribution >= 4 is 45.3 Å². The molecule has 0 unspecified atom stereocenters. The summed E-state index contributed by atoms with van der Waals surface area (Å²) in [5, 5.41) is 0.867. The van der Waals surface area contributed by atoms with Crippen LogP contribution in [-0.4, -0.2) is 32.7 Å². The molecule has 0 saturated carbocycles. The number of carbonyl (C=O) groups excluding carboxylic acids is 1. The van der Waals surface area contributed by atoms with Crippen molar-refractivity contribution in [1.29, 1.82) is 0 Å². The van der Waals surface area contributed by atoms with Crippen LogP contribution in [0.1, 0.15) is 23.0 Å². The minimum Gasteiger partial charge on any atom is -0.461 e. The molecule has 34 heavy (non-hydrogen) atoms. The van der Waals surface area contributed by atoms with Crippen LogP contribution in [0, 0.1) is 0 Å². The number of benzene rings is 3. The number of nitrogen functional groups attached to an aromatic ring is 1. The van der Waals surface area contributed by atoms with Gasteiger partial charge < -0.3 is 24.5 Å². The number of esters is 1. The maximum absolute atomic E-state index is 13.4. The highest BCUT2D eigenvalue weighted by molar-refractivity contribution is 7.00. The number of ether oxygens (including phenoxy) is 3. The first-order chi connectivity index (χ1) is 16.6. The van der Waals surface area contributed by atoms with Gasteiger partial charge in [-0.05, 0) is 60.5 Å². The van der Waals surface area contributed by atoms with Gasteiger partial charge in [0.25, 0.3) is 0 Å². The molecule has 0 bridgehead atoms. The molecular weight excluding hydrogens is 452 g/mol. The molecule has 0 atom stereocenters. The lowest BCUT2D eigenvalue weighted by molar-refractivity contribution is 0.0516. The fraction of sp³-hybridized carbons (Fsp3) is 0.160. The predicted octanol–water partition coefficient (Wildman–Crippen LogP) is 4.85. The number of carbonyl (C=O) groups is 1. The van der Waals surface area contributed by atoms with E-state index < -0.39 is 5.97 Å². The minimum atomic E-state index is -0.399. The Labute approximate surface area is 198 Å². The number of nitrogens with two attached hydrogens (primary N) is 1. The molecule has 5 aromatic rings. The van der Waals surface area contributed by atoms with Gasteiger partial charge in [0.05, 0.1) is 18.3 Å². The average Bonchev–Trinajstić information content (AvgIpc) is 3.55. The van der Waals surface area contributed by atoms with E-state index in [1.807, 2.05) is 59.2 Å². The Morgan fingerprint density at radius 3 is 2.79 bits per heavy atom. The van der Waals surface area contributed by atoms with Crippen molar-refractivity contribution in [3.63, 3.8) is 0 Å². The summed E-state index contributed by atoms with van der Waals surface area (Å²) in [6.45, 7) is 2.71. The van der Waals surface area contributed by atoms with Crippen LogP contribution in [0.5, 0.6) is 11.5 Å². The van der Waals surface area contributed by atoms with Crippen LogP contribution in [0.15, 0.2) is 54.6 Å². The monoisotopic (exact) mass is 472 g/mol. The van der Waals surface area contributed by atoms with Gasteiger partial charge in [0.2, 0.25) is 6.79 Å². The van der Waals surface area contributed by atoms with Crippen LogP contribution >= 0.6 is 11.7 Å². The number of anilines is 1. The maximum Gasteiger partial charge on any atom is 0.355 e. The number of hydrogen-bond donors (Lipinski definition) is 1. The smallest absolute Gasteiger partial charge is 0.355 e. The topological polar surface area (TPSA) is 101 Å². The molecule has 0 saturated heterocycles. The maximum atomic E-state index is 13.4. The standard InChI is InChI=1S/C25H20N4O4S/c1-2-31-25(30)24-23(15-4-6-18-19(10-15)28-34-27-18)17-11-16(26)5-7-20(17)29(24)12-14-3-8-21-22(9-14)33-13-32-21/h3-11H,2,12-13,26H2,1H3. The first kappa shape index (κ1) is 20.5. The van der Waals surface area contributed by atoms with Crippen LogP contribution < -0.4 is 15.2 Å². The summed E-state index contributed by atoms with van der Waals surface area (Å²) < 4.78 is 27.2. The molecular formula is C25H20N4O4S. The molecule has 2 N–H and O–H groups in total. The number of hydrogen-bond acceptors (Lipinski definition) is 8. The molecule has 0 fully saturated rings. The predicted molar refractivity (Wildman–Crippen MR) is 130 cm³/mol. The zero-order valence-electron chi connectivity index (χ0n) is 18.3. The summed E-state index contributed by atoms with van der Waals surface area (Å²) in [5.41, 5.74) is 12.3. The van der Waals surface area contributed by atoms with E-state index in [2.05, 4.69) is 8.75 Å². The van der Waals surface area contributed by atoms with Crippen molar-refractivity contribution in [2.45, 2.75) is 13.5 Å². The molecule has 6 rings (SSSR count). The average molecular weight is 473 g/mol. The summed E-state index contributed by atoms with van der Waals surface area (Å²) in [4.78, 5) is 13.4. The van der Waals surface area contributed by atoms with Crippen LogP contribution in [0.25, 0.3) is 33.1 Å². The third-order valence-electron chi connectivity index (χ3n) is 5.88. The van der Waals surface area contributed by atoms with E-state index in [1.54, 1.807) is 6.92 Å². The van der Waals surface area contributed by atoms with Gasteiger partial charge in [-0.25, -0.2) is 4.79 Å². The number of rotatable bonds is 5. The van der Waals surface area contributed by atoms with Crippen LogP contribution in [0.3, 0.4) is 0 Å². The van der Waals surface area contributed by atoms with Crippen molar-refractivity contribution in [3.8, 4) is 22.6 Å². The molecule has 8 nitrogen and oxygen atoms in total. The van der Waals surface area contributed by atoms with Crippen molar-refractivity contribution in [2.24, 2.45) is 0 Å². The van der Waals surface area contributed by atoms with Crippen LogP contribution in [-0.2, 0) is 11.3 Å². The second-order valence-corrected chi connectivity index (χ2v) is 8.49. The molecule has 1 aliphatic rings. The van der Waals surface area contributed by atoms with Crippen molar-refractivity contribution in [3.05, 3.63) is 65.9 Å². The Morgan fingerprint density at radius 1 is 1.06 bits per heavy atom. The first-order valence-corrected chi connectivity index (χ1v) is 11.6. The Hall–Kier alpha value is -4.11. The van der Waals surface area contributed by atoms with E-state index in [1.165, 1.54) is 0 Å². The van der Waals surface area contributed by atoms with Gasteiger partial charge in [-0.1, -0.05) is 12.1 Å². The van der Waals surface area contributed by atoms with Crippen LogP contribution in [0.4, 0.5) is 5.69 Å². The molecule has 1 aliphatic heterocycles. The zero-order valence-corrected chi connectivity index (χ0v) is 19.1. The van der Waals surface area contributed by atoms with Crippen molar-refractivity contribution in [2.75, 3.05) is 19.1 Å². The fourth-order valence-corrected chi connectivity index (χ4v) is 4.92. The first-order valence-electron chi connectivity index (χ1n) is 10.8. The van der Waals surface area contributed by atoms with Crippen molar-refractivity contribution in [1.82, 2.24) is 13.3 Å². The SMILES string of the molecule is CCOC(=O)c1c(-c2ccc3nsnc3c2)c2cc(N)ccc2n1Cc1ccc2c(c1)OCO2. The minimum absolute atomic E-state index is 0.205. The summed E-state index contributed by atoms with van der Waals surface area (Å²) >= 11 is 1.16. The molecule has 0 spiro atoms. The van der Waals surface area contributed by atoms with Gasteiger partial charge in [0.1, 0.15) is 16.7 Å². The van der Waals surface area contributed by atoms with E-state index in [4.69, 9.17) is 19.9 Å². The van der Waals surface area contributed by atoms with Gasteiger partial charge in [0.15, 0.2) is 11.5 Å². The largest absolute Gasteiger partial charge is 0.461 e. The quantitative estimate of drug-likeness (QED) is 0.288. The molecule has 0 aliphatic carbocycles. The fourth-order valence-electron chi connectivity index (χ4n) is 4.40. The molecule has 3 aromatic carbocycles. The Kier molecular flexibility index (Phi) is 4.84. The highest BCUT2D eigenvalue weighted by atomic mass is 32.1. The second-order valence-electron chi connectivity index (χ2n) is 7.96. The Balaban J connectivity index is 1.60. The van der Waals surface area contributed by atoms with Gasteiger partial charge in [-0.15, -0.1) is 0 Å². The number of fused-ring (bicyclic) bond motifs is 3. The molecule has 170 valence electrons.